The predicted molar refractivity (Wildman–Crippen MR) is 89.9 cm³/mol. The number of rotatable bonds is 8. The van der Waals surface area contributed by atoms with Crippen molar-refractivity contribution in [1.82, 2.24) is 5.32 Å². The lowest BCUT2D eigenvalue weighted by atomic mass is 10.0. The van der Waals surface area contributed by atoms with Crippen molar-refractivity contribution in [2.75, 3.05) is 30.9 Å². The van der Waals surface area contributed by atoms with Gasteiger partial charge >= 0.3 is 0 Å². The van der Waals surface area contributed by atoms with Crippen LogP contribution in [0.15, 0.2) is 24.3 Å². The molecule has 1 unspecified atom stereocenters. The minimum atomic E-state index is 0.0179. The number of anilines is 1. The van der Waals surface area contributed by atoms with Gasteiger partial charge in [0, 0.05) is 37.2 Å². The molecule has 1 rings (SSSR count). The van der Waals surface area contributed by atoms with Gasteiger partial charge in [-0.15, -0.1) is 0 Å². The summed E-state index contributed by atoms with van der Waals surface area (Å²) in [5.41, 5.74) is 1.77. The van der Waals surface area contributed by atoms with Crippen LogP contribution in [0.25, 0.3) is 0 Å². The molecule has 0 spiro atoms. The molecule has 0 aliphatic heterocycles. The maximum atomic E-state index is 12.2. The number of alkyl halides is 1. The van der Waals surface area contributed by atoms with Gasteiger partial charge in [0.2, 0.25) is 0 Å². The van der Waals surface area contributed by atoms with E-state index in [1.807, 2.05) is 43.3 Å². The molecule has 0 fully saturated rings. The van der Waals surface area contributed by atoms with Gasteiger partial charge in [0.25, 0.3) is 5.91 Å². The van der Waals surface area contributed by atoms with Gasteiger partial charge < -0.3 is 10.2 Å². The molecule has 1 aromatic rings. The highest BCUT2D eigenvalue weighted by atomic mass is 79.9. The summed E-state index contributed by atoms with van der Waals surface area (Å²) in [7, 11) is 3.95. The van der Waals surface area contributed by atoms with Crippen LogP contribution in [0, 0.1) is 5.92 Å². The maximum absolute atomic E-state index is 12.2. The largest absolute Gasteiger partial charge is 0.378 e. The Kier molecular flexibility index (Phi) is 7.67. The Morgan fingerprint density at radius 2 is 2.10 bits per heavy atom. The van der Waals surface area contributed by atoms with Crippen LogP contribution in [-0.2, 0) is 0 Å². The van der Waals surface area contributed by atoms with Crippen molar-refractivity contribution >= 4 is 27.5 Å². The molecule has 0 radical (unpaired) electrons. The third-order valence-corrected chi connectivity index (χ3v) is 3.85. The Balaban J connectivity index is 2.59. The summed E-state index contributed by atoms with van der Waals surface area (Å²) < 4.78 is 0. The zero-order chi connectivity index (χ0) is 15.0. The molecule has 0 bridgehead atoms. The summed E-state index contributed by atoms with van der Waals surface area (Å²) in [6.07, 6.45) is 3.42. The molecule has 0 saturated carbocycles. The summed E-state index contributed by atoms with van der Waals surface area (Å²) >= 11 is 3.48. The van der Waals surface area contributed by atoms with E-state index in [0.717, 1.165) is 42.4 Å². The van der Waals surface area contributed by atoms with Crippen LogP contribution in [0.3, 0.4) is 0 Å². The minimum absolute atomic E-state index is 0.0179. The maximum Gasteiger partial charge on any atom is 0.251 e. The lowest BCUT2D eigenvalue weighted by Gasteiger charge is -2.17. The first kappa shape index (κ1) is 17.0. The average molecular weight is 341 g/mol. The van der Waals surface area contributed by atoms with Crippen LogP contribution >= 0.6 is 15.9 Å². The molecule has 0 aromatic heterocycles. The number of carbonyl (C=O) groups excluding carboxylic acids is 1. The van der Waals surface area contributed by atoms with Crippen molar-refractivity contribution in [3.63, 3.8) is 0 Å². The summed E-state index contributed by atoms with van der Waals surface area (Å²) in [4.78, 5) is 14.2. The Labute approximate surface area is 130 Å². The molecular weight excluding hydrogens is 316 g/mol. The van der Waals surface area contributed by atoms with Gasteiger partial charge in [0.05, 0.1) is 0 Å². The highest BCUT2D eigenvalue weighted by Gasteiger charge is 2.11. The lowest BCUT2D eigenvalue weighted by molar-refractivity contribution is 0.0946. The van der Waals surface area contributed by atoms with Crippen molar-refractivity contribution in [3.05, 3.63) is 29.8 Å². The highest BCUT2D eigenvalue weighted by Crippen LogP contribution is 2.14. The predicted octanol–water partition coefficient (Wildman–Crippen LogP) is 3.68. The fourth-order valence-corrected chi connectivity index (χ4v) is 2.82. The Bertz CT molecular complexity index is 415. The quantitative estimate of drug-likeness (QED) is 0.732. The second-order valence-corrected chi connectivity index (χ2v) is 6.08. The first-order valence-corrected chi connectivity index (χ1v) is 8.32. The van der Waals surface area contributed by atoms with E-state index in [2.05, 4.69) is 28.2 Å². The summed E-state index contributed by atoms with van der Waals surface area (Å²) in [5, 5.41) is 4.05. The lowest BCUT2D eigenvalue weighted by Crippen LogP contribution is -2.29. The van der Waals surface area contributed by atoms with Crippen molar-refractivity contribution in [2.45, 2.75) is 26.2 Å². The highest BCUT2D eigenvalue weighted by molar-refractivity contribution is 9.09. The van der Waals surface area contributed by atoms with Crippen molar-refractivity contribution in [3.8, 4) is 0 Å². The SMILES string of the molecule is CCCC(CCBr)CNC(=O)c1cccc(N(C)C)c1. The number of nitrogens with zero attached hydrogens (tertiary/aromatic N) is 1. The van der Waals surface area contributed by atoms with E-state index in [1.54, 1.807) is 0 Å². The van der Waals surface area contributed by atoms with Gasteiger partial charge in [-0.25, -0.2) is 0 Å². The van der Waals surface area contributed by atoms with Crippen molar-refractivity contribution in [1.29, 1.82) is 0 Å². The summed E-state index contributed by atoms with van der Waals surface area (Å²) in [5.74, 6) is 0.574. The molecule has 4 heteroatoms. The van der Waals surface area contributed by atoms with Crippen molar-refractivity contribution in [2.24, 2.45) is 5.92 Å². The van der Waals surface area contributed by atoms with Gasteiger partial charge in [-0.2, -0.15) is 0 Å². The third-order valence-electron chi connectivity index (χ3n) is 3.39. The second-order valence-electron chi connectivity index (χ2n) is 5.29. The Hall–Kier alpha value is -1.03. The number of amides is 1. The molecule has 20 heavy (non-hydrogen) atoms. The number of carbonyl (C=O) groups is 1. The molecule has 0 aliphatic carbocycles. The van der Waals surface area contributed by atoms with E-state index >= 15 is 0 Å². The number of hydrogen-bond acceptors (Lipinski definition) is 2. The van der Waals surface area contributed by atoms with E-state index < -0.39 is 0 Å². The smallest absolute Gasteiger partial charge is 0.251 e. The van der Waals surface area contributed by atoms with E-state index in [9.17, 15) is 4.79 Å². The molecule has 3 nitrogen and oxygen atoms in total. The fraction of sp³-hybridized carbons (Fsp3) is 0.562. The van der Waals surface area contributed by atoms with Gasteiger partial charge in [0.1, 0.15) is 0 Å². The molecule has 0 aliphatic rings. The zero-order valence-electron chi connectivity index (χ0n) is 12.7. The van der Waals surface area contributed by atoms with E-state index in [4.69, 9.17) is 0 Å². The van der Waals surface area contributed by atoms with Crippen LogP contribution < -0.4 is 10.2 Å². The van der Waals surface area contributed by atoms with E-state index in [0.29, 0.717) is 5.92 Å². The van der Waals surface area contributed by atoms with Gasteiger partial charge in [0.15, 0.2) is 0 Å². The van der Waals surface area contributed by atoms with Crippen LogP contribution in [0.1, 0.15) is 36.5 Å². The molecule has 112 valence electrons. The molecule has 1 aromatic carbocycles. The normalized spacial score (nSPS) is 12.0. The minimum Gasteiger partial charge on any atom is -0.378 e. The number of nitrogens with one attached hydrogen (secondary N) is 1. The summed E-state index contributed by atoms with van der Waals surface area (Å²) in [6, 6.07) is 7.71. The first-order chi connectivity index (χ1) is 9.58. The first-order valence-electron chi connectivity index (χ1n) is 7.20. The van der Waals surface area contributed by atoms with E-state index in [1.165, 1.54) is 0 Å². The number of hydrogen-bond donors (Lipinski definition) is 1. The molecule has 0 saturated heterocycles. The van der Waals surface area contributed by atoms with Gasteiger partial charge in [-0.1, -0.05) is 35.3 Å². The van der Waals surface area contributed by atoms with Gasteiger partial charge in [-0.05, 0) is 37.0 Å². The van der Waals surface area contributed by atoms with E-state index in [-0.39, 0.29) is 5.91 Å². The Morgan fingerprint density at radius 3 is 2.70 bits per heavy atom. The van der Waals surface area contributed by atoms with Crippen LogP contribution in [-0.4, -0.2) is 31.9 Å². The molecule has 1 amide bonds. The molecular formula is C16H25BrN2O. The second kappa shape index (κ2) is 9.01. The van der Waals surface area contributed by atoms with Crippen LogP contribution in [0.2, 0.25) is 0 Å². The standard InChI is InChI=1S/C16H25BrN2O/c1-4-6-13(9-10-17)12-18-16(20)14-7-5-8-15(11-14)19(2)3/h5,7-8,11,13H,4,6,9-10,12H2,1-3H3,(H,18,20). The molecule has 1 N–H and O–H groups in total. The number of benzene rings is 1. The molecule has 0 heterocycles. The topological polar surface area (TPSA) is 32.3 Å². The van der Waals surface area contributed by atoms with Crippen molar-refractivity contribution < 1.29 is 4.79 Å². The average Bonchev–Trinajstić information content (AvgIpc) is 2.45. The van der Waals surface area contributed by atoms with Gasteiger partial charge in [-0.3, -0.25) is 4.79 Å². The Morgan fingerprint density at radius 1 is 1.35 bits per heavy atom. The van der Waals surface area contributed by atoms with Crippen LogP contribution in [0.4, 0.5) is 5.69 Å². The third kappa shape index (κ3) is 5.53. The summed E-state index contributed by atoms with van der Waals surface area (Å²) in [6.45, 7) is 2.94. The zero-order valence-corrected chi connectivity index (χ0v) is 14.2. The monoisotopic (exact) mass is 340 g/mol. The number of halogens is 1. The molecule has 1 atom stereocenters. The fourth-order valence-electron chi connectivity index (χ4n) is 2.18. The van der Waals surface area contributed by atoms with Crippen LogP contribution in [0.5, 0.6) is 0 Å².